The molecule has 3 aliphatic rings. The third-order valence-corrected chi connectivity index (χ3v) is 6.27. The molecular formula is C18H34N2O14. The third kappa shape index (κ3) is 5.09. The first-order valence-corrected chi connectivity index (χ1v) is 10.7. The Labute approximate surface area is 193 Å². The molecule has 0 bridgehead atoms. The zero-order valence-electron chi connectivity index (χ0n) is 18.1. The molecule has 0 aromatic rings. The zero-order chi connectivity index (χ0) is 25.4. The van der Waals surface area contributed by atoms with Gasteiger partial charge in [0.15, 0.2) is 12.6 Å². The van der Waals surface area contributed by atoms with Gasteiger partial charge in [0.25, 0.3) is 0 Å². The van der Waals surface area contributed by atoms with Gasteiger partial charge in [0.1, 0.15) is 73.8 Å². The quantitative estimate of drug-likeness (QED) is 0.147. The van der Waals surface area contributed by atoms with Crippen LogP contribution in [0.25, 0.3) is 0 Å². The van der Waals surface area contributed by atoms with Crippen molar-refractivity contribution in [1.29, 1.82) is 0 Å². The normalized spacial score (nSPS) is 52.1. The van der Waals surface area contributed by atoms with E-state index in [1.54, 1.807) is 0 Å². The van der Waals surface area contributed by atoms with Crippen molar-refractivity contribution < 1.29 is 69.6 Å². The number of ether oxygens (including phenoxy) is 5. The molecule has 3 fully saturated rings. The van der Waals surface area contributed by atoms with Crippen LogP contribution in [0.3, 0.4) is 0 Å². The lowest BCUT2D eigenvalue weighted by Crippen LogP contribution is -2.63. The van der Waals surface area contributed by atoms with Gasteiger partial charge in [-0.3, -0.25) is 0 Å². The van der Waals surface area contributed by atoms with Gasteiger partial charge in [-0.05, 0) is 0 Å². The number of nitrogens with two attached hydrogens (primary N) is 2. The van der Waals surface area contributed by atoms with Gasteiger partial charge in [-0.15, -0.1) is 0 Å². The van der Waals surface area contributed by atoms with Crippen molar-refractivity contribution in [3.05, 3.63) is 0 Å². The second kappa shape index (κ2) is 11.2. The maximum atomic E-state index is 10.3. The average molecular weight is 502 g/mol. The molecule has 0 radical (unpaired) electrons. The van der Waals surface area contributed by atoms with Crippen LogP contribution >= 0.6 is 0 Å². The molecule has 0 amide bonds. The summed E-state index contributed by atoms with van der Waals surface area (Å²) in [5.41, 5.74) is 10.9. The van der Waals surface area contributed by atoms with Crippen molar-refractivity contribution in [3.63, 3.8) is 0 Å². The molecule has 0 saturated carbocycles. The van der Waals surface area contributed by atoms with Crippen LogP contribution in [0.1, 0.15) is 0 Å². The van der Waals surface area contributed by atoms with E-state index in [0.29, 0.717) is 0 Å². The van der Waals surface area contributed by atoms with Crippen LogP contribution < -0.4 is 11.5 Å². The van der Waals surface area contributed by atoms with Gasteiger partial charge in [0.2, 0.25) is 5.79 Å². The first-order valence-electron chi connectivity index (χ1n) is 10.7. The van der Waals surface area contributed by atoms with Crippen LogP contribution in [0, 0.1) is 0 Å². The lowest BCUT2D eigenvalue weighted by atomic mass is 9.98. The zero-order valence-corrected chi connectivity index (χ0v) is 18.1. The summed E-state index contributed by atoms with van der Waals surface area (Å²) in [5.74, 6) is -2.26. The Balaban J connectivity index is 1.69. The van der Waals surface area contributed by atoms with Gasteiger partial charge < -0.3 is 81.1 Å². The minimum absolute atomic E-state index is 0.199. The van der Waals surface area contributed by atoms with Crippen LogP contribution in [0.2, 0.25) is 0 Å². The molecule has 0 aliphatic carbocycles. The highest BCUT2D eigenvalue weighted by atomic mass is 16.8. The van der Waals surface area contributed by atoms with Crippen molar-refractivity contribution in [2.24, 2.45) is 11.5 Å². The summed E-state index contributed by atoms with van der Waals surface area (Å²) in [7, 11) is 0. The molecule has 16 heteroatoms. The van der Waals surface area contributed by atoms with Gasteiger partial charge in [-0.1, -0.05) is 0 Å². The predicted octanol–water partition coefficient (Wildman–Crippen LogP) is -7.64. The Morgan fingerprint density at radius 1 is 0.647 bits per heavy atom. The molecule has 14 atom stereocenters. The number of rotatable bonds is 8. The maximum absolute atomic E-state index is 10.3. The van der Waals surface area contributed by atoms with E-state index in [-0.39, 0.29) is 13.1 Å². The summed E-state index contributed by atoms with van der Waals surface area (Å²) >= 11 is 0. The molecule has 3 rings (SSSR count). The third-order valence-electron chi connectivity index (χ3n) is 6.27. The van der Waals surface area contributed by atoms with E-state index in [1.807, 2.05) is 0 Å². The van der Waals surface area contributed by atoms with E-state index in [9.17, 15) is 46.0 Å². The predicted molar refractivity (Wildman–Crippen MR) is 105 cm³/mol. The van der Waals surface area contributed by atoms with Crippen LogP contribution in [-0.2, 0) is 23.7 Å². The Bertz CT molecular complexity index is 662. The van der Waals surface area contributed by atoms with Gasteiger partial charge in [0, 0.05) is 13.1 Å². The molecule has 13 N–H and O–H groups in total. The molecule has 0 aromatic heterocycles. The number of aliphatic hydroxyl groups is 9. The van der Waals surface area contributed by atoms with Crippen molar-refractivity contribution in [2.75, 3.05) is 26.3 Å². The fourth-order valence-electron chi connectivity index (χ4n) is 4.10. The van der Waals surface area contributed by atoms with E-state index >= 15 is 0 Å². The second-order valence-electron chi connectivity index (χ2n) is 8.51. The summed E-state index contributed by atoms with van der Waals surface area (Å²) in [6.45, 7) is -1.99. The highest BCUT2D eigenvalue weighted by Gasteiger charge is 2.58. The van der Waals surface area contributed by atoms with Crippen LogP contribution in [0.15, 0.2) is 0 Å². The first kappa shape index (κ1) is 27.9. The molecule has 34 heavy (non-hydrogen) atoms. The monoisotopic (exact) mass is 502 g/mol. The van der Waals surface area contributed by atoms with Gasteiger partial charge in [-0.2, -0.15) is 0 Å². The molecule has 3 heterocycles. The molecule has 0 spiro atoms. The lowest BCUT2D eigenvalue weighted by Gasteiger charge is -2.44. The summed E-state index contributed by atoms with van der Waals surface area (Å²) < 4.78 is 26.9. The maximum Gasteiger partial charge on any atom is 0.224 e. The summed E-state index contributed by atoms with van der Waals surface area (Å²) in [6.07, 6.45) is -20.4. The summed E-state index contributed by atoms with van der Waals surface area (Å²) in [6, 6.07) is 0. The molecule has 16 nitrogen and oxygen atoms in total. The fourth-order valence-corrected chi connectivity index (χ4v) is 4.10. The average Bonchev–Trinajstić information content (AvgIpc) is 3.08. The molecular weight excluding hydrogens is 468 g/mol. The van der Waals surface area contributed by atoms with Crippen LogP contribution in [-0.4, -0.2) is 158 Å². The molecule has 200 valence electrons. The Morgan fingerprint density at radius 2 is 1.18 bits per heavy atom. The topological polar surface area (TPSA) is 280 Å². The number of hydrogen-bond acceptors (Lipinski definition) is 16. The van der Waals surface area contributed by atoms with Crippen molar-refractivity contribution in [3.8, 4) is 0 Å². The van der Waals surface area contributed by atoms with E-state index in [1.165, 1.54) is 0 Å². The smallest absolute Gasteiger partial charge is 0.224 e. The molecule has 5 unspecified atom stereocenters. The van der Waals surface area contributed by atoms with Crippen molar-refractivity contribution >= 4 is 0 Å². The number of hydrogen-bond donors (Lipinski definition) is 11. The highest BCUT2D eigenvalue weighted by Crippen LogP contribution is 2.36. The minimum Gasteiger partial charge on any atom is -0.391 e. The van der Waals surface area contributed by atoms with Crippen molar-refractivity contribution in [2.45, 2.75) is 85.5 Å². The lowest BCUT2D eigenvalue weighted by molar-refractivity contribution is -0.387. The van der Waals surface area contributed by atoms with E-state index in [2.05, 4.69) is 0 Å². The van der Waals surface area contributed by atoms with Crippen molar-refractivity contribution in [1.82, 2.24) is 0 Å². The SMILES string of the molecule is NCC1O[C@H](OCC2O[C@@H](O[C@]3(CO)O[C@H](CN)[C@H](O)C3O)C(O)[C@@H](O)[C@@H]2O)C(O)[C@@H](O)[C@@H]1O. The minimum atomic E-state index is -2.26. The van der Waals surface area contributed by atoms with E-state index < -0.39 is 98.7 Å². The van der Waals surface area contributed by atoms with Gasteiger partial charge in [0.05, 0.1) is 6.61 Å². The van der Waals surface area contributed by atoms with Crippen LogP contribution in [0.4, 0.5) is 0 Å². The Hall–Kier alpha value is -0.640. The Morgan fingerprint density at radius 3 is 1.71 bits per heavy atom. The highest BCUT2D eigenvalue weighted by molar-refractivity contribution is 4.99. The van der Waals surface area contributed by atoms with Gasteiger partial charge >= 0.3 is 0 Å². The standard InChI is InChI=1S/C18H34N2O14/c19-1-5-8(22)11(25)13(27)16(31-5)30-3-7-9(23)12(26)14(28)17(32-7)34-18(4-21)15(29)10(24)6(2-20)33-18/h5-17,21-29H,1-4,19-20H2/t5?,6-,7?,8-,9-,10+,11+,12+,13?,14?,15?,16+,17+,18+/m1/s1. The molecule has 3 saturated heterocycles. The first-order chi connectivity index (χ1) is 16.0. The molecule has 3 aliphatic heterocycles. The summed E-state index contributed by atoms with van der Waals surface area (Å²) in [4.78, 5) is 0. The van der Waals surface area contributed by atoms with E-state index in [4.69, 9.17) is 35.2 Å². The molecule has 0 aromatic carbocycles. The largest absolute Gasteiger partial charge is 0.391 e. The Kier molecular flexibility index (Phi) is 9.18. The second-order valence-corrected chi connectivity index (χ2v) is 8.51. The van der Waals surface area contributed by atoms with E-state index in [0.717, 1.165) is 0 Å². The fraction of sp³-hybridized carbons (Fsp3) is 1.00. The number of aliphatic hydroxyl groups excluding tert-OH is 9. The summed E-state index contributed by atoms with van der Waals surface area (Å²) in [5, 5.41) is 90.9. The van der Waals surface area contributed by atoms with Gasteiger partial charge in [-0.25, -0.2) is 0 Å². The van der Waals surface area contributed by atoms with Crippen LogP contribution in [0.5, 0.6) is 0 Å².